The summed E-state index contributed by atoms with van der Waals surface area (Å²) in [6.45, 7) is 2.70. The number of aromatic nitrogens is 7. The van der Waals surface area contributed by atoms with Gasteiger partial charge in [0, 0.05) is 13.1 Å². The molecule has 4 heterocycles. The van der Waals surface area contributed by atoms with E-state index in [1.807, 2.05) is 30.6 Å². The van der Waals surface area contributed by atoms with Crippen LogP contribution < -0.4 is 21.3 Å². The highest BCUT2D eigenvalue weighted by molar-refractivity contribution is 7.80. The fraction of sp³-hybridized carbons (Fsp3) is 0.476. The summed E-state index contributed by atoms with van der Waals surface area (Å²) in [6.07, 6.45) is 10.7. The second kappa shape index (κ2) is 12.3. The van der Waals surface area contributed by atoms with Crippen LogP contribution in [0.4, 0.5) is 0 Å². The summed E-state index contributed by atoms with van der Waals surface area (Å²) in [5.74, 6) is 1.26. The van der Waals surface area contributed by atoms with E-state index >= 15 is 0 Å². The Morgan fingerprint density at radius 2 is 1.12 bits per heavy atom. The molecular formula is C21H29N11S2. The highest BCUT2D eigenvalue weighted by Gasteiger charge is 2.09. The van der Waals surface area contributed by atoms with Gasteiger partial charge in [0.25, 0.3) is 0 Å². The molecule has 0 radical (unpaired) electrons. The maximum Gasteiger partial charge on any atom is 0.166 e. The molecule has 0 aromatic carbocycles. The minimum atomic E-state index is 0.487. The molecule has 1 aliphatic heterocycles. The van der Waals surface area contributed by atoms with Crippen molar-refractivity contribution >= 4 is 34.7 Å². The van der Waals surface area contributed by atoms with E-state index in [0.717, 1.165) is 37.3 Å². The number of nitrogens with one attached hydrogen (secondary N) is 4. The first kappa shape index (κ1) is 24.0. The second-order valence-electron chi connectivity index (χ2n) is 8.00. The van der Waals surface area contributed by atoms with Crippen molar-refractivity contribution in [2.75, 3.05) is 13.1 Å². The number of rotatable bonds is 0. The smallest absolute Gasteiger partial charge is 0.166 e. The Morgan fingerprint density at radius 3 is 1.62 bits per heavy atom. The summed E-state index contributed by atoms with van der Waals surface area (Å²) in [7, 11) is 0. The first-order valence-electron chi connectivity index (χ1n) is 11.5. The predicted octanol–water partition coefficient (Wildman–Crippen LogP) is 1.53. The van der Waals surface area contributed by atoms with Gasteiger partial charge in [0.05, 0.1) is 25.5 Å². The van der Waals surface area contributed by atoms with Gasteiger partial charge in [0.15, 0.2) is 21.9 Å². The molecule has 6 bridgehead atoms. The molecule has 0 amide bonds. The van der Waals surface area contributed by atoms with Gasteiger partial charge in [-0.1, -0.05) is 42.2 Å². The van der Waals surface area contributed by atoms with Crippen LogP contribution in [0.3, 0.4) is 0 Å². The number of fused-ring (bicyclic) bond motifs is 8. The highest BCUT2D eigenvalue weighted by atomic mass is 32.1. The summed E-state index contributed by atoms with van der Waals surface area (Å²) < 4.78 is 3.25. The highest BCUT2D eigenvalue weighted by Crippen LogP contribution is 2.09. The zero-order chi connectivity index (χ0) is 23.6. The van der Waals surface area contributed by atoms with E-state index in [1.165, 1.54) is 25.7 Å². The number of hydrogen-bond donors (Lipinski definition) is 4. The van der Waals surface area contributed by atoms with Gasteiger partial charge in [-0.3, -0.25) is 0 Å². The first-order valence-corrected chi connectivity index (χ1v) is 12.3. The van der Waals surface area contributed by atoms with E-state index in [9.17, 15) is 0 Å². The zero-order valence-corrected chi connectivity index (χ0v) is 20.5. The van der Waals surface area contributed by atoms with Gasteiger partial charge >= 0.3 is 0 Å². The van der Waals surface area contributed by atoms with Crippen molar-refractivity contribution in [1.82, 2.24) is 56.2 Å². The van der Waals surface area contributed by atoms with E-state index < -0.39 is 0 Å². The summed E-state index contributed by atoms with van der Waals surface area (Å²) in [5, 5.41) is 31.0. The van der Waals surface area contributed by atoms with Gasteiger partial charge in [-0.15, -0.1) is 10.2 Å². The maximum atomic E-state index is 5.37. The van der Waals surface area contributed by atoms with Gasteiger partial charge in [-0.2, -0.15) is 0 Å². The van der Waals surface area contributed by atoms with Crippen molar-refractivity contribution in [3.63, 3.8) is 0 Å². The minimum absolute atomic E-state index is 0.487. The summed E-state index contributed by atoms with van der Waals surface area (Å²) in [5.41, 5.74) is 1.53. The summed E-state index contributed by atoms with van der Waals surface area (Å²) in [6, 6.07) is 5.61. The lowest BCUT2D eigenvalue weighted by atomic mass is 10.1. The van der Waals surface area contributed by atoms with E-state index in [0.29, 0.717) is 35.0 Å². The Labute approximate surface area is 209 Å². The molecule has 0 aliphatic carbocycles. The van der Waals surface area contributed by atoms with Crippen LogP contribution in [-0.4, -0.2) is 58.3 Å². The largest absolute Gasteiger partial charge is 0.363 e. The van der Waals surface area contributed by atoms with Crippen LogP contribution in [0.2, 0.25) is 0 Å². The number of pyridine rings is 1. The number of thiocarbonyl (C=S) groups is 2. The molecule has 4 N–H and O–H groups in total. The molecule has 11 nitrogen and oxygen atoms in total. The van der Waals surface area contributed by atoms with Crippen molar-refractivity contribution < 1.29 is 0 Å². The van der Waals surface area contributed by atoms with E-state index in [1.54, 1.807) is 9.36 Å². The lowest BCUT2D eigenvalue weighted by Gasteiger charge is -2.10. The molecule has 13 heteroatoms. The Balaban J connectivity index is 1.44. The van der Waals surface area contributed by atoms with Gasteiger partial charge < -0.3 is 21.3 Å². The molecule has 3 aromatic rings. The molecule has 0 saturated heterocycles. The standard InChI is InChI=1S/C21H29N11S2/c33-20-22-10-5-3-1-2-4-6-11-23-21(34)25-13-17-15-32(30-28-17)19-9-7-8-18(26-19)31-14-16(12-24-20)27-29-31/h7-9,14-15H,1-6,10-13H2,(H2,22,24,33)(H2,23,25,34). The predicted molar refractivity (Wildman–Crippen MR) is 137 cm³/mol. The summed E-state index contributed by atoms with van der Waals surface area (Å²) in [4.78, 5) is 4.64. The van der Waals surface area contributed by atoms with E-state index in [4.69, 9.17) is 24.4 Å². The van der Waals surface area contributed by atoms with Crippen LogP contribution in [0, 0.1) is 0 Å². The maximum absolute atomic E-state index is 5.37. The molecule has 180 valence electrons. The molecule has 4 rings (SSSR count). The van der Waals surface area contributed by atoms with Crippen molar-refractivity contribution in [3.8, 4) is 11.6 Å². The van der Waals surface area contributed by atoms with Gasteiger partial charge in [0.2, 0.25) is 0 Å². The van der Waals surface area contributed by atoms with Crippen LogP contribution in [0.5, 0.6) is 0 Å². The van der Waals surface area contributed by atoms with Crippen LogP contribution in [0.1, 0.15) is 49.9 Å². The van der Waals surface area contributed by atoms with Gasteiger partial charge in [-0.05, 0) is 49.4 Å². The molecule has 1 aliphatic rings. The average Bonchev–Trinajstić information content (AvgIpc) is 3.52. The average molecular weight is 500 g/mol. The fourth-order valence-corrected chi connectivity index (χ4v) is 3.83. The molecule has 0 fully saturated rings. The topological polar surface area (TPSA) is 122 Å². The SMILES string of the molecule is S=C1NCCCCCCCCNC(=S)NCc2cn(nn2)-c2cccc(n2)-n2cc(nn2)CN1. The fourth-order valence-electron chi connectivity index (χ4n) is 3.48. The van der Waals surface area contributed by atoms with E-state index in [-0.39, 0.29) is 0 Å². The monoisotopic (exact) mass is 499 g/mol. The molecule has 34 heavy (non-hydrogen) atoms. The van der Waals surface area contributed by atoms with Crippen molar-refractivity contribution in [2.45, 2.75) is 51.6 Å². The third kappa shape index (κ3) is 7.15. The molecule has 0 atom stereocenters. The molecule has 0 unspecified atom stereocenters. The minimum Gasteiger partial charge on any atom is -0.363 e. The second-order valence-corrected chi connectivity index (χ2v) is 8.82. The van der Waals surface area contributed by atoms with Crippen LogP contribution in [-0.2, 0) is 13.1 Å². The van der Waals surface area contributed by atoms with Crippen LogP contribution in [0.25, 0.3) is 11.6 Å². The quantitative estimate of drug-likeness (QED) is 0.337. The normalized spacial score (nSPS) is 16.7. The Hall–Kier alpha value is -3.19. The zero-order valence-electron chi connectivity index (χ0n) is 18.9. The van der Waals surface area contributed by atoms with Crippen LogP contribution >= 0.6 is 24.4 Å². The van der Waals surface area contributed by atoms with Crippen molar-refractivity contribution in [1.29, 1.82) is 0 Å². The molecular weight excluding hydrogens is 470 g/mol. The van der Waals surface area contributed by atoms with Crippen molar-refractivity contribution in [3.05, 3.63) is 42.0 Å². The third-order valence-electron chi connectivity index (χ3n) is 5.31. The van der Waals surface area contributed by atoms with Crippen molar-refractivity contribution in [2.24, 2.45) is 0 Å². The lowest BCUT2D eigenvalue weighted by Crippen LogP contribution is -2.35. The Kier molecular flexibility index (Phi) is 8.68. The molecule has 0 spiro atoms. The van der Waals surface area contributed by atoms with Gasteiger partial charge in [0.1, 0.15) is 11.4 Å². The Bertz CT molecular complexity index is 1010. The molecule has 3 aromatic heterocycles. The number of hydrogen-bond acceptors (Lipinski definition) is 7. The van der Waals surface area contributed by atoms with Crippen LogP contribution in [0.15, 0.2) is 30.6 Å². The van der Waals surface area contributed by atoms with Gasteiger partial charge in [-0.25, -0.2) is 14.3 Å². The summed E-state index contributed by atoms with van der Waals surface area (Å²) >= 11 is 10.7. The van der Waals surface area contributed by atoms with E-state index in [2.05, 4.69) is 46.9 Å². The number of nitrogens with zero attached hydrogens (tertiary/aromatic N) is 7. The molecule has 0 saturated carbocycles. The third-order valence-corrected chi connectivity index (χ3v) is 5.88. The lowest BCUT2D eigenvalue weighted by molar-refractivity contribution is 0.584. The Morgan fingerprint density at radius 1 is 0.647 bits per heavy atom. The first-order chi connectivity index (χ1) is 16.7.